The highest BCUT2D eigenvalue weighted by Crippen LogP contribution is 1.92. The lowest BCUT2D eigenvalue weighted by Crippen LogP contribution is -1.89. The van der Waals surface area contributed by atoms with Crippen molar-refractivity contribution in [2.45, 2.75) is 0 Å². The van der Waals surface area contributed by atoms with Crippen molar-refractivity contribution in [3.8, 4) is 12.3 Å². The average Bonchev–Trinajstić information content (AvgIpc) is 2.08. The zero-order chi connectivity index (χ0) is 8.53. The van der Waals surface area contributed by atoms with Gasteiger partial charge in [-0.3, -0.25) is 0 Å². The van der Waals surface area contributed by atoms with Crippen molar-refractivity contribution in [2.24, 2.45) is 0 Å². The molecule has 0 radical (unpaired) electrons. The zero-order valence-corrected chi connectivity index (χ0v) is 6.96. The molecular weight excluding hydrogens is 134 g/mol. The van der Waals surface area contributed by atoms with Crippen molar-refractivity contribution in [3.05, 3.63) is 35.9 Å². The molecule has 0 unspecified atom stereocenters. The highest BCUT2D eigenvalue weighted by molar-refractivity contribution is 5.30. The van der Waals surface area contributed by atoms with E-state index in [-0.39, 0.29) is 0 Å². The van der Waals surface area contributed by atoms with Crippen LogP contribution in [0, 0.1) is 12.3 Å². The summed E-state index contributed by atoms with van der Waals surface area (Å²) in [6, 6.07) is 9.60. The normalized spacial score (nSPS) is 7.36. The molecule has 0 atom stereocenters. The van der Waals surface area contributed by atoms with Gasteiger partial charge in [0.2, 0.25) is 0 Å². The molecule has 0 aliphatic carbocycles. The van der Waals surface area contributed by atoms with Gasteiger partial charge < -0.3 is 5.32 Å². The fourth-order valence-electron chi connectivity index (χ4n) is 0.534. The van der Waals surface area contributed by atoms with Gasteiger partial charge in [0.15, 0.2) is 0 Å². The van der Waals surface area contributed by atoms with Crippen LogP contribution >= 0.6 is 0 Å². The van der Waals surface area contributed by atoms with E-state index in [9.17, 15) is 0 Å². The predicted molar refractivity (Wildman–Crippen MR) is 49.4 cm³/mol. The van der Waals surface area contributed by atoms with E-state index >= 15 is 0 Å². The minimum absolute atomic E-state index is 0.938. The molecular formula is C10H13N. The Balaban J connectivity index is 0.000000292. The average molecular weight is 147 g/mol. The number of benzene rings is 1. The molecule has 0 aliphatic heterocycles. The van der Waals surface area contributed by atoms with Gasteiger partial charge in [-0.15, -0.1) is 6.42 Å². The van der Waals surface area contributed by atoms with Crippen LogP contribution in [0.5, 0.6) is 0 Å². The number of terminal acetylenes is 1. The summed E-state index contributed by atoms with van der Waals surface area (Å²) in [5, 5.41) is 2.75. The second-order valence-electron chi connectivity index (χ2n) is 2.01. The van der Waals surface area contributed by atoms with Crippen LogP contribution in [0.25, 0.3) is 0 Å². The van der Waals surface area contributed by atoms with E-state index in [1.807, 2.05) is 44.4 Å². The number of rotatable bonds is 0. The van der Waals surface area contributed by atoms with Crippen LogP contribution in [-0.4, -0.2) is 14.1 Å². The summed E-state index contributed by atoms with van der Waals surface area (Å²) in [6.45, 7) is 0. The molecule has 0 aliphatic rings. The molecule has 0 fully saturated rings. The minimum atomic E-state index is 0.938. The Morgan fingerprint density at radius 3 is 1.91 bits per heavy atom. The SMILES string of the molecule is C#Cc1ccccc1.CNC. The molecule has 58 valence electrons. The topological polar surface area (TPSA) is 12.0 Å². The first kappa shape index (κ1) is 9.74. The molecule has 0 saturated heterocycles. The Morgan fingerprint density at radius 2 is 1.64 bits per heavy atom. The van der Waals surface area contributed by atoms with E-state index in [0.29, 0.717) is 0 Å². The fraction of sp³-hybridized carbons (Fsp3) is 0.200. The third kappa shape index (κ3) is 5.20. The van der Waals surface area contributed by atoms with E-state index in [0.717, 1.165) is 5.56 Å². The monoisotopic (exact) mass is 147 g/mol. The second kappa shape index (κ2) is 6.85. The van der Waals surface area contributed by atoms with E-state index < -0.39 is 0 Å². The standard InChI is InChI=1S/C8H6.C2H7N/c1-2-8-6-4-3-5-7-8;1-3-2/h1,3-7H;3H,1-2H3. The van der Waals surface area contributed by atoms with Crippen molar-refractivity contribution >= 4 is 0 Å². The molecule has 1 N–H and O–H groups in total. The summed E-state index contributed by atoms with van der Waals surface area (Å²) < 4.78 is 0. The summed E-state index contributed by atoms with van der Waals surface area (Å²) in [5.41, 5.74) is 0.938. The Bertz CT molecular complexity index is 208. The van der Waals surface area contributed by atoms with E-state index in [2.05, 4.69) is 11.2 Å². The minimum Gasteiger partial charge on any atom is -0.323 e. The molecule has 0 bridgehead atoms. The Morgan fingerprint density at radius 1 is 1.18 bits per heavy atom. The van der Waals surface area contributed by atoms with Crippen LogP contribution in [-0.2, 0) is 0 Å². The van der Waals surface area contributed by atoms with E-state index in [1.54, 1.807) is 0 Å². The second-order valence-corrected chi connectivity index (χ2v) is 2.01. The summed E-state index contributed by atoms with van der Waals surface area (Å²) in [4.78, 5) is 0. The summed E-state index contributed by atoms with van der Waals surface area (Å²) in [6.07, 6.45) is 5.10. The maximum absolute atomic E-state index is 5.10. The molecule has 1 aromatic carbocycles. The van der Waals surface area contributed by atoms with Gasteiger partial charge in [-0.25, -0.2) is 0 Å². The first-order valence-corrected chi connectivity index (χ1v) is 3.45. The smallest absolute Gasteiger partial charge is 0.0242 e. The third-order valence-electron chi connectivity index (χ3n) is 0.940. The number of hydrogen-bond acceptors (Lipinski definition) is 1. The van der Waals surface area contributed by atoms with Crippen LogP contribution in [0.3, 0.4) is 0 Å². The predicted octanol–water partition coefficient (Wildman–Crippen LogP) is 1.50. The molecule has 1 heteroatoms. The maximum atomic E-state index is 5.10. The Kier molecular flexibility index (Phi) is 6.07. The Hall–Kier alpha value is -1.26. The lowest BCUT2D eigenvalue weighted by Gasteiger charge is -1.82. The first-order chi connectivity index (χ1) is 5.35. The van der Waals surface area contributed by atoms with Crippen molar-refractivity contribution in [3.63, 3.8) is 0 Å². The van der Waals surface area contributed by atoms with Gasteiger partial charge in [-0.1, -0.05) is 24.1 Å². The summed E-state index contributed by atoms with van der Waals surface area (Å²) >= 11 is 0. The van der Waals surface area contributed by atoms with Crippen LogP contribution in [0.1, 0.15) is 5.56 Å². The van der Waals surface area contributed by atoms with Crippen molar-refractivity contribution in [1.29, 1.82) is 0 Å². The highest BCUT2D eigenvalue weighted by atomic mass is 14.7. The van der Waals surface area contributed by atoms with Gasteiger partial charge in [-0.05, 0) is 26.2 Å². The van der Waals surface area contributed by atoms with Gasteiger partial charge in [0.1, 0.15) is 0 Å². The van der Waals surface area contributed by atoms with Crippen molar-refractivity contribution < 1.29 is 0 Å². The van der Waals surface area contributed by atoms with Crippen LogP contribution in [0.4, 0.5) is 0 Å². The van der Waals surface area contributed by atoms with E-state index in [1.165, 1.54) is 0 Å². The van der Waals surface area contributed by atoms with Gasteiger partial charge in [0, 0.05) is 5.56 Å². The largest absolute Gasteiger partial charge is 0.323 e. The molecule has 1 aromatic rings. The van der Waals surface area contributed by atoms with E-state index in [4.69, 9.17) is 6.42 Å². The number of hydrogen-bond donors (Lipinski definition) is 1. The van der Waals surface area contributed by atoms with Gasteiger partial charge in [-0.2, -0.15) is 0 Å². The lowest BCUT2D eigenvalue weighted by molar-refractivity contribution is 1.02. The first-order valence-electron chi connectivity index (χ1n) is 3.45. The molecule has 0 aromatic heterocycles. The van der Waals surface area contributed by atoms with Gasteiger partial charge >= 0.3 is 0 Å². The molecule has 0 amide bonds. The number of nitrogens with one attached hydrogen (secondary N) is 1. The lowest BCUT2D eigenvalue weighted by atomic mass is 10.2. The fourth-order valence-corrected chi connectivity index (χ4v) is 0.534. The summed E-state index contributed by atoms with van der Waals surface area (Å²) in [5.74, 6) is 2.53. The molecule has 1 rings (SSSR count). The summed E-state index contributed by atoms with van der Waals surface area (Å²) in [7, 11) is 3.75. The molecule has 0 saturated carbocycles. The zero-order valence-electron chi connectivity index (χ0n) is 6.96. The molecule has 0 spiro atoms. The molecule has 1 nitrogen and oxygen atoms in total. The van der Waals surface area contributed by atoms with Crippen LogP contribution in [0.2, 0.25) is 0 Å². The highest BCUT2D eigenvalue weighted by Gasteiger charge is 1.76. The molecule has 11 heavy (non-hydrogen) atoms. The maximum Gasteiger partial charge on any atom is 0.0242 e. The van der Waals surface area contributed by atoms with Crippen molar-refractivity contribution in [1.82, 2.24) is 5.32 Å². The van der Waals surface area contributed by atoms with Crippen LogP contribution in [0.15, 0.2) is 30.3 Å². The molecule has 0 heterocycles. The third-order valence-corrected chi connectivity index (χ3v) is 0.940. The van der Waals surface area contributed by atoms with Crippen molar-refractivity contribution in [2.75, 3.05) is 14.1 Å². The quantitative estimate of drug-likeness (QED) is 0.548. The van der Waals surface area contributed by atoms with Crippen LogP contribution < -0.4 is 5.32 Å². The Labute approximate surface area is 68.4 Å². The van der Waals surface area contributed by atoms with Gasteiger partial charge in [0.25, 0.3) is 0 Å². The van der Waals surface area contributed by atoms with Gasteiger partial charge in [0.05, 0.1) is 0 Å².